The number of hydrogen-bond donors (Lipinski definition) is 0. The minimum atomic E-state index is 0.134. The van der Waals surface area contributed by atoms with Gasteiger partial charge in [0.1, 0.15) is 5.76 Å². The van der Waals surface area contributed by atoms with Gasteiger partial charge in [-0.25, -0.2) is 0 Å². The summed E-state index contributed by atoms with van der Waals surface area (Å²) in [5, 5.41) is 9.84. The van der Waals surface area contributed by atoms with Gasteiger partial charge in [-0.05, 0) is 49.1 Å². The van der Waals surface area contributed by atoms with Gasteiger partial charge in [-0.2, -0.15) is 0 Å². The van der Waals surface area contributed by atoms with Crippen molar-refractivity contribution in [1.82, 2.24) is 19.7 Å². The molecule has 0 spiro atoms. The first-order valence-corrected chi connectivity index (χ1v) is 12.2. The third-order valence-electron chi connectivity index (χ3n) is 5.96. The molecule has 0 N–H and O–H groups in total. The Morgan fingerprint density at radius 1 is 0.970 bits per heavy atom. The number of benzene rings is 2. The molecule has 0 radical (unpaired) electrons. The molecule has 1 amide bonds. The normalized spacial score (nSPS) is 13.5. The number of carbonyl (C=O) groups is 1. The Morgan fingerprint density at radius 3 is 2.42 bits per heavy atom. The maximum atomic E-state index is 12.6. The molecule has 0 unspecified atom stereocenters. The predicted octanol–water partition coefficient (Wildman–Crippen LogP) is 5.42. The number of hydrogen-bond acceptors (Lipinski definition) is 5. The first kappa shape index (κ1) is 21.5. The number of likely N-dealkylation sites (tertiary alicyclic amines) is 1. The second-order valence-electron chi connectivity index (χ2n) is 8.25. The molecular weight excluding hydrogens is 432 g/mol. The molecule has 1 aliphatic rings. The molecule has 2 aromatic carbocycles. The van der Waals surface area contributed by atoms with Crippen molar-refractivity contribution < 1.29 is 9.21 Å². The Balaban J connectivity index is 1.34. The maximum Gasteiger partial charge on any atom is 0.253 e. The molecule has 2 aromatic heterocycles. The molecule has 168 valence electrons. The van der Waals surface area contributed by atoms with E-state index in [0.717, 1.165) is 65.1 Å². The maximum absolute atomic E-state index is 12.6. The summed E-state index contributed by atoms with van der Waals surface area (Å²) < 4.78 is 7.65. The van der Waals surface area contributed by atoms with Gasteiger partial charge in [0.15, 0.2) is 11.0 Å². The minimum Gasteiger partial charge on any atom is -0.469 e. The predicted molar refractivity (Wildman–Crippen MR) is 129 cm³/mol. The second kappa shape index (κ2) is 9.67. The van der Waals surface area contributed by atoms with Crippen molar-refractivity contribution in [3.63, 3.8) is 0 Å². The molecule has 6 nitrogen and oxygen atoms in total. The summed E-state index contributed by atoms with van der Waals surface area (Å²) in [6, 6.07) is 20.2. The fraction of sp³-hybridized carbons (Fsp3) is 0.269. The number of aryl methyl sites for hydroxylation is 1. The molecule has 7 heteroatoms. The van der Waals surface area contributed by atoms with Crippen LogP contribution >= 0.6 is 11.8 Å². The van der Waals surface area contributed by atoms with Gasteiger partial charge >= 0.3 is 0 Å². The first-order valence-electron chi connectivity index (χ1n) is 11.2. The molecule has 5 rings (SSSR count). The summed E-state index contributed by atoms with van der Waals surface area (Å²) in [5.41, 5.74) is 4.05. The van der Waals surface area contributed by atoms with Crippen LogP contribution < -0.4 is 0 Å². The summed E-state index contributed by atoms with van der Waals surface area (Å²) in [4.78, 5) is 14.5. The fourth-order valence-electron chi connectivity index (χ4n) is 4.11. The zero-order valence-corrected chi connectivity index (χ0v) is 19.4. The summed E-state index contributed by atoms with van der Waals surface area (Å²) in [7, 11) is 0. The number of nitrogens with zero attached hydrogens (tertiary/aromatic N) is 4. The number of carbonyl (C=O) groups excluding carboxylic acids is 1. The highest BCUT2D eigenvalue weighted by atomic mass is 32.2. The van der Waals surface area contributed by atoms with Gasteiger partial charge in [0.2, 0.25) is 0 Å². The lowest BCUT2D eigenvalue weighted by molar-refractivity contribution is 0.0793. The van der Waals surface area contributed by atoms with Crippen LogP contribution in [-0.2, 0) is 12.3 Å². The second-order valence-corrected chi connectivity index (χ2v) is 9.20. The van der Waals surface area contributed by atoms with Crippen molar-refractivity contribution in [2.45, 2.75) is 37.2 Å². The van der Waals surface area contributed by atoms with Crippen LogP contribution in [0.5, 0.6) is 0 Å². The highest BCUT2D eigenvalue weighted by Gasteiger charge is 2.20. The van der Waals surface area contributed by atoms with Crippen molar-refractivity contribution in [1.29, 1.82) is 0 Å². The van der Waals surface area contributed by atoms with Crippen LogP contribution in [0.2, 0.25) is 0 Å². The Hall–Kier alpha value is -3.32. The third kappa shape index (κ3) is 4.73. The van der Waals surface area contributed by atoms with E-state index in [2.05, 4.69) is 26.9 Å². The molecule has 1 aliphatic heterocycles. The smallest absolute Gasteiger partial charge is 0.253 e. The van der Waals surface area contributed by atoms with Crippen molar-refractivity contribution in [3.05, 3.63) is 89.4 Å². The van der Waals surface area contributed by atoms with Gasteiger partial charge in [0.05, 0.1) is 18.4 Å². The monoisotopic (exact) mass is 458 g/mol. The topological polar surface area (TPSA) is 64.2 Å². The Labute approximate surface area is 197 Å². The Morgan fingerprint density at radius 2 is 1.73 bits per heavy atom. The van der Waals surface area contributed by atoms with Gasteiger partial charge in [-0.15, -0.1) is 10.2 Å². The van der Waals surface area contributed by atoms with E-state index in [1.54, 1.807) is 18.0 Å². The van der Waals surface area contributed by atoms with Gasteiger partial charge in [-0.1, -0.05) is 54.2 Å². The molecule has 0 aliphatic carbocycles. The zero-order chi connectivity index (χ0) is 22.6. The first-order chi connectivity index (χ1) is 16.2. The van der Waals surface area contributed by atoms with E-state index in [-0.39, 0.29) is 5.91 Å². The van der Waals surface area contributed by atoms with E-state index in [1.807, 2.05) is 60.4 Å². The molecule has 0 saturated carbocycles. The third-order valence-corrected chi connectivity index (χ3v) is 7.00. The summed E-state index contributed by atoms with van der Waals surface area (Å²) >= 11 is 1.65. The van der Waals surface area contributed by atoms with Gasteiger partial charge in [-0.3, -0.25) is 9.36 Å². The van der Waals surface area contributed by atoms with E-state index in [4.69, 9.17) is 4.42 Å². The summed E-state index contributed by atoms with van der Waals surface area (Å²) in [6.45, 7) is 4.35. The molecular formula is C26H26N4O2S. The summed E-state index contributed by atoms with van der Waals surface area (Å²) in [6.07, 6.45) is 3.89. The van der Waals surface area contributed by atoms with Crippen LogP contribution in [0, 0.1) is 6.92 Å². The van der Waals surface area contributed by atoms with E-state index in [9.17, 15) is 4.79 Å². The van der Waals surface area contributed by atoms with E-state index >= 15 is 0 Å². The average molecular weight is 459 g/mol. The van der Waals surface area contributed by atoms with Crippen LogP contribution in [0.4, 0.5) is 0 Å². The number of thioether (sulfide) groups is 1. The largest absolute Gasteiger partial charge is 0.469 e. The molecule has 0 atom stereocenters. The number of furan rings is 1. The molecule has 1 saturated heterocycles. The highest BCUT2D eigenvalue weighted by Crippen LogP contribution is 2.29. The highest BCUT2D eigenvalue weighted by molar-refractivity contribution is 7.98. The van der Waals surface area contributed by atoms with Gasteiger partial charge in [0.25, 0.3) is 5.91 Å². The van der Waals surface area contributed by atoms with Crippen LogP contribution in [0.3, 0.4) is 0 Å². The van der Waals surface area contributed by atoms with Crippen LogP contribution in [0.1, 0.15) is 40.1 Å². The van der Waals surface area contributed by atoms with Crippen molar-refractivity contribution >= 4 is 17.7 Å². The van der Waals surface area contributed by atoms with Gasteiger partial charge < -0.3 is 9.32 Å². The number of amides is 1. The quantitative estimate of drug-likeness (QED) is 0.346. The van der Waals surface area contributed by atoms with Crippen LogP contribution in [-0.4, -0.2) is 38.7 Å². The molecule has 33 heavy (non-hydrogen) atoms. The van der Waals surface area contributed by atoms with Crippen LogP contribution in [0.25, 0.3) is 11.4 Å². The van der Waals surface area contributed by atoms with E-state index in [1.165, 1.54) is 5.56 Å². The molecule has 0 bridgehead atoms. The zero-order valence-electron chi connectivity index (χ0n) is 18.6. The minimum absolute atomic E-state index is 0.134. The Bertz CT molecular complexity index is 1220. The standard InChI is InChI=1S/C26H26N4O2S/c1-19-23(13-16-32-19)24-27-28-26(30(24)17-20-7-3-2-4-8-20)33-18-21-9-11-22(12-10-21)25(31)29-14-5-6-15-29/h2-4,7-13,16H,5-6,14-15,17-18H2,1H3. The van der Waals surface area contributed by atoms with Crippen LogP contribution in [0.15, 0.2) is 76.5 Å². The number of rotatable bonds is 7. The number of aromatic nitrogens is 3. The van der Waals surface area contributed by atoms with Crippen molar-refractivity contribution in [3.8, 4) is 11.4 Å². The summed E-state index contributed by atoms with van der Waals surface area (Å²) in [5.74, 6) is 2.51. The molecule has 4 aromatic rings. The lowest BCUT2D eigenvalue weighted by Gasteiger charge is -2.15. The van der Waals surface area contributed by atoms with Crippen molar-refractivity contribution in [2.75, 3.05) is 13.1 Å². The van der Waals surface area contributed by atoms with Gasteiger partial charge in [0, 0.05) is 24.4 Å². The van der Waals surface area contributed by atoms with Crippen molar-refractivity contribution in [2.24, 2.45) is 0 Å². The van der Waals surface area contributed by atoms with E-state index < -0.39 is 0 Å². The lowest BCUT2D eigenvalue weighted by atomic mass is 10.1. The average Bonchev–Trinajstić information content (AvgIpc) is 3.60. The van der Waals surface area contributed by atoms with E-state index in [0.29, 0.717) is 6.54 Å². The SMILES string of the molecule is Cc1occc1-c1nnc(SCc2ccc(C(=O)N3CCCC3)cc2)n1Cc1ccccc1. The molecule has 1 fully saturated rings. The Kier molecular flexibility index (Phi) is 6.30. The fourth-order valence-corrected chi connectivity index (χ4v) is 5.01. The molecule has 3 heterocycles. The lowest BCUT2D eigenvalue weighted by Crippen LogP contribution is -2.27.